The molecule has 1 aliphatic rings. The second kappa shape index (κ2) is 10.9. The number of pyridine rings is 1. The number of piperidine rings is 1. The molecule has 4 aromatic rings. The minimum atomic E-state index is -0.0857. The summed E-state index contributed by atoms with van der Waals surface area (Å²) in [6.45, 7) is 5.40. The molecule has 0 spiro atoms. The summed E-state index contributed by atoms with van der Waals surface area (Å²) in [6.07, 6.45) is 8.24. The lowest BCUT2D eigenvalue weighted by molar-refractivity contribution is 0.102. The first-order chi connectivity index (χ1) is 17.1. The van der Waals surface area contributed by atoms with Crippen LogP contribution in [0, 0.1) is 6.92 Å². The van der Waals surface area contributed by atoms with E-state index in [0.717, 1.165) is 40.5 Å². The molecule has 1 N–H and O–H groups in total. The first kappa shape index (κ1) is 23.4. The summed E-state index contributed by atoms with van der Waals surface area (Å²) in [5.41, 5.74) is 7.05. The number of nitrogens with one attached hydrogen (secondary N) is 1. The third kappa shape index (κ3) is 6.02. The first-order valence-electron chi connectivity index (χ1n) is 12.2. The molecule has 1 aliphatic heterocycles. The number of benzene rings is 2. The van der Waals surface area contributed by atoms with E-state index >= 15 is 0 Å². The van der Waals surface area contributed by atoms with Crippen molar-refractivity contribution in [2.24, 2.45) is 0 Å². The topological polar surface area (TPSA) is 58.1 Å². The van der Waals surface area contributed by atoms with Crippen LogP contribution in [0.2, 0.25) is 0 Å². The van der Waals surface area contributed by atoms with Gasteiger partial charge < -0.3 is 5.32 Å². The molecular formula is C29H30N4OS. The molecule has 0 radical (unpaired) electrons. The Morgan fingerprint density at radius 1 is 1.06 bits per heavy atom. The molecule has 0 unspecified atom stereocenters. The molecule has 1 amide bonds. The van der Waals surface area contributed by atoms with Crippen LogP contribution in [0.5, 0.6) is 0 Å². The number of aryl methyl sites for hydroxylation is 1. The highest BCUT2D eigenvalue weighted by atomic mass is 32.1. The van der Waals surface area contributed by atoms with Crippen LogP contribution in [0.25, 0.3) is 11.3 Å². The number of carbonyl (C=O) groups excluding carboxylic acids is 1. The quantitative estimate of drug-likeness (QED) is 0.334. The van der Waals surface area contributed by atoms with Gasteiger partial charge in [0, 0.05) is 47.6 Å². The SMILES string of the molecule is Cc1ccc(NC(=O)c2ccc(CN3CCCCC3)cc2)cc1Cc1nc(-c2cccnc2)cs1. The maximum absolute atomic E-state index is 12.9. The Morgan fingerprint density at radius 3 is 2.66 bits per heavy atom. The molecule has 0 saturated carbocycles. The fourth-order valence-corrected chi connectivity index (χ4v) is 5.31. The third-order valence-electron chi connectivity index (χ3n) is 6.53. The molecular weight excluding hydrogens is 452 g/mol. The lowest BCUT2D eigenvalue weighted by atomic mass is 10.0. The Hall–Kier alpha value is -3.35. The Balaban J connectivity index is 1.23. The lowest BCUT2D eigenvalue weighted by Crippen LogP contribution is -2.29. The molecule has 3 heterocycles. The summed E-state index contributed by atoms with van der Waals surface area (Å²) in [5.74, 6) is -0.0857. The van der Waals surface area contributed by atoms with Crippen LogP contribution in [-0.4, -0.2) is 33.9 Å². The number of likely N-dealkylation sites (tertiary alicyclic amines) is 1. The van der Waals surface area contributed by atoms with E-state index in [9.17, 15) is 4.79 Å². The van der Waals surface area contributed by atoms with E-state index in [0.29, 0.717) is 5.56 Å². The summed E-state index contributed by atoms with van der Waals surface area (Å²) in [7, 11) is 0. The van der Waals surface area contributed by atoms with E-state index < -0.39 is 0 Å². The van der Waals surface area contributed by atoms with Gasteiger partial charge >= 0.3 is 0 Å². The fourth-order valence-electron chi connectivity index (χ4n) is 4.48. The van der Waals surface area contributed by atoms with Crippen LogP contribution in [0.15, 0.2) is 72.4 Å². The number of hydrogen-bond acceptors (Lipinski definition) is 5. The van der Waals surface area contributed by atoms with Gasteiger partial charge in [-0.15, -0.1) is 11.3 Å². The predicted molar refractivity (Wildman–Crippen MR) is 143 cm³/mol. The maximum atomic E-state index is 12.9. The van der Waals surface area contributed by atoms with Gasteiger partial charge in [0.15, 0.2) is 0 Å². The first-order valence-corrected chi connectivity index (χ1v) is 13.1. The summed E-state index contributed by atoms with van der Waals surface area (Å²) < 4.78 is 0. The average Bonchev–Trinajstić information content (AvgIpc) is 3.36. The van der Waals surface area contributed by atoms with Crippen molar-refractivity contribution in [3.05, 3.63) is 99.6 Å². The van der Waals surface area contributed by atoms with Gasteiger partial charge in [0.25, 0.3) is 5.91 Å². The molecule has 178 valence electrons. The van der Waals surface area contributed by atoms with Crippen molar-refractivity contribution in [3.63, 3.8) is 0 Å². The number of amides is 1. The second-order valence-corrected chi connectivity index (χ2v) is 10.1. The molecule has 6 heteroatoms. The number of carbonyl (C=O) groups is 1. The van der Waals surface area contributed by atoms with Gasteiger partial charge in [-0.1, -0.05) is 24.6 Å². The molecule has 5 nitrogen and oxygen atoms in total. The molecule has 0 atom stereocenters. The summed E-state index contributed by atoms with van der Waals surface area (Å²) in [4.78, 5) is 24.4. The molecule has 1 saturated heterocycles. The van der Waals surface area contributed by atoms with E-state index in [-0.39, 0.29) is 5.91 Å². The van der Waals surface area contributed by atoms with Crippen LogP contribution in [-0.2, 0) is 13.0 Å². The zero-order chi connectivity index (χ0) is 24.0. The van der Waals surface area contributed by atoms with Gasteiger partial charge in [-0.25, -0.2) is 4.98 Å². The van der Waals surface area contributed by atoms with Gasteiger partial charge in [-0.3, -0.25) is 14.7 Å². The zero-order valence-electron chi connectivity index (χ0n) is 20.0. The van der Waals surface area contributed by atoms with Crippen LogP contribution in [0.1, 0.15) is 51.3 Å². The summed E-state index contributed by atoms with van der Waals surface area (Å²) >= 11 is 1.65. The fraction of sp³-hybridized carbons (Fsp3) is 0.276. The summed E-state index contributed by atoms with van der Waals surface area (Å²) in [5, 5.41) is 6.18. The molecule has 5 rings (SSSR count). The van der Waals surface area contributed by atoms with Gasteiger partial charge in [0.2, 0.25) is 0 Å². The van der Waals surface area contributed by atoms with Gasteiger partial charge in [-0.05, 0) is 85.9 Å². The molecule has 0 bridgehead atoms. The highest BCUT2D eigenvalue weighted by Gasteiger charge is 2.13. The minimum absolute atomic E-state index is 0.0857. The van der Waals surface area contributed by atoms with Gasteiger partial charge in [-0.2, -0.15) is 0 Å². The number of aromatic nitrogens is 2. The highest BCUT2D eigenvalue weighted by molar-refractivity contribution is 7.10. The summed E-state index contributed by atoms with van der Waals surface area (Å²) in [6, 6.07) is 18.0. The van der Waals surface area contributed by atoms with E-state index in [1.165, 1.54) is 43.5 Å². The molecule has 35 heavy (non-hydrogen) atoms. The normalized spacial score (nSPS) is 14.1. The lowest BCUT2D eigenvalue weighted by Gasteiger charge is -2.26. The predicted octanol–water partition coefficient (Wildman–Crippen LogP) is 6.34. The second-order valence-electron chi connectivity index (χ2n) is 9.17. The Labute approximate surface area is 210 Å². The van der Waals surface area contributed by atoms with Gasteiger partial charge in [0.05, 0.1) is 10.7 Å². The monoisotopic (exact) mass is 482 g/mol. The van der Waals surface area contributed by atoms with E-state index in [2.05, 4.69) is 51.8 Å². The smallest absolute Gasteiger partial charge is 0.255 e. The van der Waals surface area contributed by atoms with Crippen molar-refractivity contribution < 1.29 is 4.79 Å². The number of rotatable bonds is 7. The molecule has 1 fully saturated rings. The molecule has 0 aliphatic carbocycles. The van der Waals surface area contributed by atoms with Crippen LogP contribution < -0.4 is 5.32 Å². The number of nitrogens with zero attached hydrogens (tertiary/aromatic N) is 3. The number of anilines is 1. The average molecular weight is 483 g/mol. The zero-order valence-corrected chi connectivity index (χ0v) is 20.9. The Morgan fingerprint density at radius 2 is 1.89 bits per heavy atom. The van der Waals surface area contributed by atoms with Crippen molar-refractivity contribution in [3.8, 4) is 11.3 Å². The van der Waals surface area contributed by atoms with Crippen molar-refractivity contribution in [1.82, 2.24) is 14.9 Å². The molecule has 2 aromatic carbocycles. The number of hydrogen-bond donors (Lipinski definition) is 1. The van der Waals surface area contributed by atoms with E-state index in [4.69, 9.17) is 4.98 Å². The Kier molecular flexibility index (Phi) is 7.31. The maximum Gasteiger partial charge on any atom is 0.255 e. The van der Waals surface area contributed by atoms with Crippen LogP contribution in [0.3, 0.4) is 0 Å². The van der Waals surface area contributed by atoms with E-state index in [1.54, 1.807) is 17.5 Å². The van der Waals surface area contributed by atoms with Crippen molar-refractivity contribution in [2.45, 2.75) is 39.2 Å². The highest BCUT2D eigenvalue weighted by Crippen LogP contribution is 2.25. The Bertz CT molecular complexity index is 1280. The molecule has 2 aromatic heterocycles. The standard InChI is InChI=1S/C29H30N4OS/c1-21-7-12-26(16-25(21)17-28-32-27(20-35-28)24-6-5-13-30-18-24)31-29(34)23-10-8-22(9-11-23)19-33-14-3-2-4-15-33/h5-13,16,18,20H,2-4,14-15,17,19H2,1H3,(H,31,34). The van der Waals surface area contributed by atoms with E-state index in [1.807, 2.05) is 36.5 Å². The van der Waals surface area contributed by atoms with Gasteiger partial charge in [0.1, 0.15) is 0 Å². The van der Waals surface area contributed by atoms with Crippen molar-refractivity contribution in [2.75, 3.05) is 18.4 Å². The van der Waals surface area contributed by atoms with Crippen LogP contribution in [0.4, 0.5) is 5.69 Å². The van der Waals surface area contributed by atoms with Crippen molar-refractivity contribution >= 4 is 22.9 Å². The largest absolute Gasteiger partial charge is 0.322 e. The minimum Gasteiger partial charge on any atom is -0.322 e. The van der Waals surface area contributed by atoms with Crippen LogP contribution >= 0.6 is 11.3 Å². The van der Waals surface area contributed by atoms with Crippen molar-refractivity contribution in [1.29, 1.82) is 0 Å². The third-order valence-corrected chi connectivity index (χ3v) is 7.38. The number of thiazole rings is 1.